The molecule has 6 heteroatoms. The van der Waals surface area contributed by atoms with Crippen molar-refractivity contribution in [1.29, 1.82) is 0 Å². The highest BCUT2D eigenvalue weighted by Crippen LogP contribution is 2.36. The Bertz CT molecular complexity index is 422. The van der Waals surface area contributed by atoms with Crippen molar-refractivity contribution in [2.24, 2.45) is 0 Å². The van der Waals surface area contributed by atoms with Crippen molar-refractivity contribution in [2.45, 2.75) is 25.3 Å². The van der Waals surface area contributed by atoms with Crippen LogP contribution in [-0.2, 0) is 6.42 Å². The molecule has 2 rings (SSSR count). The first-order valence-electron chi connectivity index (χ1n) is 7.10. The van der Waals surface area contributed by atoms with E-state index in [-0.39, 0.29) is 12.4 Å². The van der Waals surface area contributed by atoms with E-state index in [0.717, 1.165) is 12.0 Å². The molecule has 1 aliphatic heterocycles. The molecule has 3 nitrogen and oxygen atoms in total. The number of aryl methyl sites for hydroxylation is 1. The molecule has 0 saturated carbocycles. The van der Waals surface area contributed by atoms with Gasteiger partial charge in [0.25, 0.3) is 5.92 Å². The molecule has 1 heterocycles. The SMILES string of the molecule is CCc1ccc([C@H](N2CCNCC2)C(F)(F)CO)cc1.Cl. The summed E-state index contributed by atoms with van der Waals surface area (Å²) in [5.41, 5.74) is 1.70. The molecule has 1 fully saturated rings. The number of rotatable bonds is 5. The fourth-order valence-electron chi connectivity index (χ4n) is 2.68. The molecule has 1 aromatic carbocycles. The van der Waals surface area contributed by atoms with E-state index in [2.05, 4.69) is 5.32 Å². The number of hydrogen-bond donors (Lipinski definition) is 2. The molecule has 1 atom stereocenters. The van der Waals surface area contributed by atoms with Gasteiger partial charge in [0.2, 0.25) is 0 Å². The van der Waals surface area contributed by atoms with Crippen LogP contribution in [0.2, 0.25) is 0 Å². The first-order valence-corrected chi connectivity index (χ1v) is 7.10. The molecule has 0 aliphatic carbocycles. The lowest BCUT2D eigenvalue weighted by Crippen LogP contribution is -2.51. The maximum absolute atomic E-state index is 14.2. The minimum Gasteiger partial charge on any atom is -0.390 e. The highest BCUT2D eigenvalue weighted by Gasteiger charge is 2.43. The normalized spacial score (nSPS) is 18.1. The molecule has 2 N–H and O–H groups in total. The van der Waals surface area contributed by atoms with Crippen LogP contribution in [0, 0.1) is 0 Å². The molecule has 1 aromatic rings. The van der Waals surface area contributed by atoms with Crippen molar-refractivity contribution in [2.75, 3.05) is 32.8 Å². The summed E-state index contributed by atoms with van der Waals surface area (Å²) in [6.07, 6.45) is 0.884. The van der Waals surface area contributed by atoms with E-state index in [1.54, 1.807) is 17.0 Å². The van der Waals surface area contributed by atoms with Gasteiger partial charge in [0.15, 0.2) is 0 Å². The summed E-state index contributed by atoms with van der Waals surface area (Å²) in [7, 11) is 0. The van der Waals surface area contributed by atoms with Crippen LogP contribution >= 0.6 is 12.4 Å². The van der Waals surface area contributed by atoms with Gasteiger partial charge in [-0.25, -0.2) is 8.78 Å². The van der Waals surface area contributed by atoms with E-state index < -0.39 is 18.6 Å². The van der Waals surface area contributed by atoms with Gasteiger partial charge in [0.1, 0.15) is 12.6 Å². The number of alkyl halides is 2. The lowest BCUT2D eigenvalue weighted by atomic mass is 9.97. The molecular weight excluding hydrogens is 298 g/mol. The van der Waals surface area contributed by atoms with Crippen molar-refractivity contribution >= 4 is 12.4 Å². The van der Waals surface area contributed by atoms with Crippen LogP contribution in [0.5, 0.6) is 0 Å². The Morgan fingerprint density at radius 2 is 1.81 bits per heavy atom. The first kappa shape index (κ1) is 18.3. The zero-order valence-electron chi connectivity index (χ0n) is 12.2. The van der Waals surface area contributed by atoms with Gasteiger partial charge >= 0.3 is 0 Å². The topological polar surface area (TPSA) is 35.5 Å². The molecule has 120 valence electrons. The second-order valence-corrected chi connectivity index (χ2v) is 5.20. The third-order valence-electron chi connectivity index (χ3n) is 3.83. The molecule has 21 heavy (non-hydrogen) atoms. The van der Waals surface area contributed by atoms with E-state index >= 15 is 0 Å². The van der Waals surface area contributed by atoms with Gasteiger partial charge in [0, 0.05) is 26.2 Å². The highest BCUT2D eigenvalue weighted by atomic mass is 35.5. The minimum absolute atomic E-state index is 0. The van der Waals surface area contributed by atoms with E-state index in [0.29, 0.717) is 31.7 Å². The average Bonchev–Trinajstić information content (AvgIpc) is 2.49. The summed E-state index contributed by atoms with van der Waals surface area (Å²) < 4.78 is 28.3. The molecular formula is C15H23ClF2N2O. The lowest BCUT2D eigenvalue weighted by molar-refractivity contribution is -0.118. The number of nitrogens with one attached hydrogen (secondary N) is 1. The van der Waals surface area contributed by atoms with Gasteiger partial charge in [-0.15, -0.1) is 12.4 Å². The number of piperazine rings is 1. The summed E-state index contributed by atoms with van der Waals surface area (Å²) >= 11 is 0. The maximum atomic E-state index is 14.2. The van der Waals surface area contributed by atoms with E-state index in [1.807, 2.05) is 19.1 Å². The standard InChI is InChI=1S/C15H22F2N2O.ClH/c1-2-12-3-5-13(6-4-12)14(15(16,17)11-20)19-9-7-18-8-10-19;/h3-6,14,18,20H,2,7-11H2,1H3;1H/t14-;/m0./s1. The van der Waals surface area contributed by atoms with Gasteiger partial charge in [-0.1, -0.05) is 31.2 Å². The largest absolute Gasteiger partial charge is 0.390 e. The van der Waals surface area contributed by atoms with E-state index in [4.69, 9.17) is 5.11 Å². The summed E-state index contributed by atoms with van der Waals surface area (Å²) in [6, 6.07) is 6.24. The van der Waals surface area contributed by atoms with Crippen LogP contribution in [0.1, 0.15) is 24.1 Å². The smallest absolute Gasteiger partial charge is 0.289 e. The van der Waals surface area contributed by atoms with Crippen LogP contribution in [-0.4, -0.2) is 48.7 Å². The predicted octanol–water partition coefficient (Wildman–Crippen LogP) is 2.24. The Kier molecular flexibility index (Phi) is 7.00. The number of aliphatic hydroxyl groups excluding tert-OH is 1. The third kappa shape index (κ3) is 4.36. The van der Waals surface area contributed by atoms with Crippen molar-refractivity contribution in [3.05, 3.63) is 35.4 Å². The second-order valence-electron chi connectivity index (χ2n) is 5.20. The first-order chi connectivity index (χ1) is 9.58. The Balaban J connectivity index is 0.00000220. The maximum Gasteiger partial charge on any atom is 0.289 e. The zero-order chi connectivity index (χ0) is 14.6. The molecule has 1 saturated heterocycles. The summed E-state index contributed by atoms with van der Waals surface area (Å²) in [5, 5.41) is 12.2. The zero-order valence-corrected chi connectivity index (χ0v) is 13.0. The van der Waals surface area contributed by atoms with Gasteiger partial charge < -0.3 is 10.4 Å². The van der Waals surface area contributed by atoms with Crippen LogP contribution in [0.3, 0.4) is 0 Å². The van der Waals surface area contributed by atoms with Crippen LogP contribution in [0.4, 0.5) is 8.78 Å². The Morgan fingerprint density at radius 1 is 1.24 bits per heavy atom. The van der Waals surface area contributed by atoms with Gasteiger partial charge in [-0.05, 0) is 17.5 Å². The molecule has 0 aromatic heterocycles. The van der Waals surface area contributed by atoms with E-state index in [9.17, 15) is 8.78 Å². The van der Waals surface area contributed by atoms with Gasteiger partial charge in [0.05, 0.1) is 0 Å². The van der Waals surface area contributed by atoms with Crippen LogP contribution in [0.15, 0.2) is 24.3 Å². The molecule has 0 spiro atoms. The highest BCUT2D eigenvalue weighted by molar-refractivity contribution is 5.85. The van der Waals surface area contributed by atoms with Crippen LogP contribution in [0.25, 0.3) is 0 Å². The second kappa shape index (κ2) is 8.03. The number of halogens is 3. The monoisotopic (exact) mass is 320 g/mol. The molecule has 0 unspecified atom stereocenters. The van der Waals surface area contributed by atoms with Crippen molar-refractivity contribution < 1.29 is 13.9 Å². The number of hydrogen-bond acceptors (Lipinski definition) is 3. The van der Waals surface area contributed by atoms with Crippen molar-refractivity contribution in [1.82, 2.24) is 10.2 Å². The Morgan fingerprint density at radius 3 is 2.29 bits per heavy atom. The van der Waals surface area contributed by atoms with Gasteiger partial charge in [-0.3, -0.25) is 4.90 Å². The van der Waals surface area contributed by atoms with Gasteiger partial charge in [-0.2, -0.15) is 0 Å². The average molecular weight is 321 g/mol. The van der Waals surface area contributed by atoms with Crippen molar-refractivity contribution in [3.8, 4) is 0 Å². The molecule has 0 amide bonds. The quantitative estimate of drug-likeness (QED) is 0.873. The number of nitrogens with zero attached hydrogens (tertiary/aromatic N) is 1. The third-order valence-corrected chi connectivity index (χ3v) is 3.83. The summed E-state index contributed by atoms with van der Waals surface area (Å²) in [5.74, 6) is -3.13. The number of aliphatic hydroxyl groups is 1. The fraction of sp³-hybridized carbons (Fsp3) is 0.600. The fourth-order valence-corrected chi connectivity index (χ4v) is 2.68. The Hall–Kier alpha value is -0.750. The minimum atomic E-state index is -3.13. The van der Waals surface area contributed by atoms with Crippen molar-refractivity contribution in [3.63, 3.8) is 0 Å². The summed E-state index contributed by atoms with van der Waals surface area (Å²) in [6.45, 7) is 3.43. The molecule has 0 radical (unpaired) electrons. The number of benzene rings is 1. The van der Waals surface area contributed by atoms with Crippen LogP contribution < -0.4 is 5.32 Å². The lowest BCUT2D eigenvalue weighted by Gasteiger charge is -2.38. The predicted molar refractivity (Wildman–Crippen MR) is 82.3 cm³/mol. The van der Waals surface area contributed by atoms with E-state index in [1.165, 1.54) is 0 Å². The summed E-state index contributed by atoms with van der Waals surface area (Å²) in [4.78, 5) is 1.76. The molecule has 1 aliphatic rings. The Labute approximate surface area is 130 Å². The molecule has 0 bridgehead atoms.